The Morgan fingerprint density at radius 3 is 2.25 bits per heavy atom. The molecule has 1 N–H and O–H groups in total. The molecule has 6 heteroatoms. The fourth-order valence-corrected chi connectivity index (χ4v) is 8.74. The normalized spacial score (nSPS) is 13.8. The molecule has 52 heavy (non-hydrogen) atoms. The molecule has 1 heterocycles. The first kappa shape index (κ1) is 35.2. The van der Waals surface area contributed by atoms with Gasteiger partial charge in [-0.15, -0.1) is 11.3 Å². The lowest BCUT2D eigenvalue weighted by molar-refractivity contribution is -0.132. The summed E-state index contributed by atoms with van der Waals surface area (Å²) in [5.41, 5.74) is 11.1. The SMILES string of the molecule is CCC(CCCC=C(C)C(=O)O)Oc1cccc(N(c2ccccc2)c2ccc3c(c2)C(CC)(CC)c2cc(-c4nc5ccccc5s4)ccc2-3)c1. The van der Waals surface area contributed by atoms with Gasteiger partial charge in [-0.05, 0) is 122 Å². The van der Waals surface area contributed by atoms with E-state index in [1.807, 2.05) is 6.07 Å². The van der Waals surface area contributed by atoms with Gasteiger partial charge in [-0.2, -0.15) is 0 Å². The Kier molecular flexibility index (Phi) is 10.3. The molecule has 1 aromatic heterocycles. The van der Waals surface area contributed by atoms with E-state index in [2.05, 4.69) is 135 Å². The Morgan fingerprint density at radius 2 is 1.52 bits per heavy atom. The van der Waals surface area contributed by atoms with Gasteiger partial charge in [-0.3, -0.25) is 0 Å². The van der Waals surface area contributed by atoms with E-state index < -0.39 is 5.97 Å². The number of carbonyl (C=O) groups is 1. The topological polar surface area (TPSA) is 62.7 Å². The maximum absolute atomic E-state index is 11.2. The number of para-hydroxylation sites is 2. The van der Waals surface area contributed by atoms with Gasteiger partial charge in [-0.25, -0.2) is 9.78 Å². The number of thiazole rings is 1. The molecule has 0 aliphatic heterocycles. The predicted octanol–water partition coefficient (Wildman–Crippen LogP) is 12.9. The molecule has 5 nitrogen and oxygen atoms in total. The highest BCUT2D eigenvalue weighted by Crippen LogP contribution is 2.55. The van der Waals surface area contributed by atoms with Gasteiger partial charge in [-0.1, -0.05) is 81.4 Å². The highest BCUT2D eigenvalue weighted by molar-refractivity contribution is 7.21. The molecule has 0 spiro atoms. The number of allylic oxidation sites excluding steroid dienone is 1. The number of hydrogen-bond donors (Lipinski definition) is 1. The fraction of sp³-hybridized carbons (Fsp3) is 0.261. The Morgan fingerprint density at radius 1 is 0.827 bits per heavy atom. The molecule has 0 amide bonds. The van der Waals surface area contributed by atoms with Gasteiger partial charge >= 0.3 is 5.97 Å². The number of ether oxygens (including phenoxy) is 1. The molecule has 5 aromatic carbocycles. The van der Waals surface area contributed by atoms with E-state index in [1.165, 1.54) is 32.5 Å². The van der Waals surface area contributed by atoms with Crippen molar-refractivity contribution in [2.24, 2.45) is 0 Å². The first-order chi connectivity index (χ1) is 25.3. The quantitative estimate of drug-likeness (QED) is 0.0902. The molecule has 6 aromatic rings. The highest BCUT2D eigenvalue weighted by Gasteiger charge is 2.41. The minimum Gasteiger partial charge on any atom is -0.490 e. The molecule has 0 fully saturated rings. The van der Waals surface area contributed by atoms with E-state index in [1.54, 1.807) is 24.3 Å². The van der Waals surface area contributed by atoms with Crippen molar-refractivity contribution in [1.29, 1.82) is 0 Å². The van der Waals surface area contributed by atoms with Crippen LogP contribution in [0.1, 0.15) is 77.3 Å². The summed E-state index contributed by atoms with van der Waals surface area (Å²) in [6.07, 6.45) is 7.16. The number of benzene rings is 5. The number of nitrogens with zero attached hydrogens (tertiary/aromatic N) is 2. The standard InChI is InChI=1S/C46H46N2O3S/c1-5-36(20-12-11-16-31(4)45(49)50)51-37-21-15-19-34(29-37)48(33-17-9-8-10-18-33)35-25-27-39-38-26-24-32(44-47-42-22-13-14-23-43(42)52-44)28-40(38)46(6-2,7-3)41(39)30-35/h8-10,13-19,21-30,36H,5-7,11-12,20H2,1-4H3,(H,49,50). The monoisotopic (exact) mass is 706 g/mol. The Labute approximate surface area is 311 Å². The predicted molar refractivity (Wildman–Crippen MR) is 216 cm³/mol. The lowest BCUT2D eigenvalue weighted by atomic mass is 9.73. The van der Waals surface area contributed by atoms with Crippen LogP contribution in [0.3, 0.4) is 0 Å². The third-order valence-corrected chi connectivity index (χ3v) is 11.8. The smallest absolute Gasteiger partial charge is 0.330 e. The molecule has 1 unspecified atom stereocenters. The van der Waals surface area contributed by atoms with Gasteiger partial charge < -0.3 is 14.7 Å². The average molecular weight is 707 g/mol. The average Bonchev–Trinajstić information content (AvgIpc) is 3.73. The van der Waals surface area contributed by atoms with Crippen molar-refractivity contribution in [2.75, 3.05) is 4.90 Å². The van der Waals surface area contributed by atoms with Crippen LogP contribution in [0.15, 0.2) is 127 Å². The van der Waals surface area contributed by atoms with Crippen molar-refractivity contribution in [3.05, 3.63) is 138 Å². The Hall–Kier alpha value is -5.20. The number of anilines is 3. The van der Waals surface area contributed by atoms with E-state index >= 15 is 0 Å². The van der Waals surface area contributed by atoms with E-state index in [4.69, 9.17) is 9.72 Å². The van der Waals surface area contributed by atoms with Gasteiger partial charge in [0.2, 0.25) is 0 Å². The van der Waals surface area contributed by atoms with Crippen LogP contribution in [0, 0.1) is 0 Å². The van der Waals surface area contributed by atoms with Crippen LogP contribution in [-0.2, 0) is 10.2 Å². The van der Waals surface area contributed by atoms with Crippen LogP contribution in [0.4, 0.5) is 17.1 Å². The first-order valence-electron chi connectivity index (χ1n) is 18.5. The lowest BCUT2D eigenvalue weighted by Gasteiger charge is -2.32. The van der Waals surface area contributed by atoms with Crippen LogP contribution in [-0.4, -0.2) is 22.2 Å². The zero-order valence-electron chi connectivity index (χ0n) is 30.4. The number of unbranched alkanes of at least 4 members (excludes halogenated alkanes) is 1. The second-order valence-electron chi connectivity index (χ2n) is 13.7. The van der Waals surface area contributed by atoms with Gasteiger partial charge in [0.25, 0.3) is 0 Å². The largest absolute Gasteiger partial charge is 0.490 e. The maximum atomic E-state index is 11.2. The second-order valence-corrected chi connectivity index (χ2v) is 14.7. The number of fused-ring (bicyclic) bond motifs is 4. The number of aromatic nitrogens is 1. The minimum atomic E-state index is -0.860. The summed E-state index contributed by atoms with van der Waals surface area (Å²) in [7, 11) is 0. The van der Waals surface area contributed by atoms with Crippen LogP contribution in [0.25, 0.3) is 31.9 Å². The van der Waals surface area contributed by atoms with Crippen molar-refractivity contribution >= 4 is 44.6 Å². The van der Waals surface area contributed by atoms with Crippen molar-refractivity contribution in [1.82, 2.24) is 4.98 Å². The maximum Gasteiger partial charge on any atom is 0.330 e. The van der Waals surface area contributed by atoms with Crippen LogP contribution < -0.4 is 9.64 Å². The zero-order chi connectivity index (χ0) is 36.2. The summed E-state index contributed by atoms with van der Waals surface area (Å²) in [5.74, 6) is -0.0317. The van der Waals surface area contributed by atoms with Crippen molar-refractivity contribution in [3.63, 3.8) is 0 Å². The van der Waals surface area contributed by atoms with E-state index in [-0.39, 0.29) is 11.5 Å². The summed E-state index contributed by atoms with van der Waals surface area (Å²) in [6.45, 7) is 8.43. The minimum absolute atomic E-state index is 0.0415. The van der Waals surface area contributed by atoms with Crippen molar-refractivity contribution < 1.29 is 14.6 Å². The van der Waals surface area contributed by atoms with Crippen LogP contribution in [0.2, 0.25) is 0 Å². The molecule has 0 radical (unpaired) electrons. The number of rotatable bonds is 14. The molecule has 0 bridgehead atoms. The third kappa shape index (κ3) is 6.75. The molecule has 264 valence electrons. The lowest BCUT2D eigenvalue weighted by Crippen LogP contribution is -2.23. The number of aliphatic carboxylic acids is 1. The van der Waals surface area contributed by atoms with E-state index in [0.717, 1.165) is 71.9 Å². The molecule has 1 aliphatic rings. The van der Waals surface area contributed by atoms with Crippen molar-refractivity contribution in [3.8, 4) is 27.4 Å². The summed E-state index contributed by atoms with van der Waals surface area (Å²) in [5, 5.41) is 10.2. The number of hydrogen-bond acceptors (Lipinski definition) is 5. The molecular formula is C46H46N2O3S. The Balaban J connectivity index is 1.23. The summed E-state index contributed by atoms with van der Waals surface area (Å²) < 4.78 is 7.78. The van der Waals surface area contributed by atoms with Crippen LogP contribution >= 0.6 is 11.3 Å². The first-order valence-corrected chi connectivity index (χ1v) is 19.3. The Bertz CT molecular complexity index is 2200. The molecule has 7 rings (SSSR count). The zero-order valence-corrected chi connectivity index (χ0v) is 31.2. The molecular weight excluding hydrogens is 661 g/mol. The molecule has 1 atom stereocenters. The molecule has 1 aliphatic carbocycles. The summed E-state index contributed by atoms with van der Waals surface area (Å²) >= 11 is 1.76. The number of carboxylic acids is 1. The summed E-state index contributed by atoms with van der Waals surface area (Å²) in [4.78, 5) is 18.5. The van der Waals surface area contributed by atoms with Gasteiger partial charge in [0.1, 0.15) is 10.8 Å². The third-order valence-electron chi connectivity index (χ3n) is 10.7. The van der Waals surface area contributed by atoms with E-state index in [0.29, 0.717) is 5.57 Å². The van der Waals surface area contributed by atoms with Gasteiger partial charge in [0.15, 0.2) is 0 Å². The second kappa shape index (κ2) is 15.2. The van der Waals surface area contributed by atoms with Gasteiger partial charge in [0, 0.05) is 39.7 Å². The fourth-order valence-electron chi connectivity index (χ4n) is 7.77. The van der Waals surface area contributed by atoms with Crippen molar-refractivity contribution in [2.45, 2.75) is 77.7 Å². The van der Waals surface area contributed by atoms with E-state index in [9.17, 15) is 9.90 Å². The molecule has 0 saturated carbocycles. The van der Waals surface area contributed by atoms with Crippen LogP contribution in [0.5, 0.6) is 5.75 Å². The molecule has 0 saturated heterocycles. The highest BCUT2D eigenvalue weighted by atomic mass is 32.1. The number of carboxylic acid groups (broad SMARTS) is 1. The van der Waals surface area contributed by atoms with Gasteiger partial charge in [0.05, 0.1) is 16.3 Å². The summed E-state index contributed by atoms with van der Waals surface area (Å²) in [6, 6.07) is 41.3.